The zero-order valence-corrected chi connectivity index (χ0v) is 16.7. The molecule has 7 heteroatoms. The number of fused-ring (bicyclic) bond motifs is 2. The van der Waals surface area contributed by atoms with Crippen LogP contribution in [0, 0.1) is 0 Å². The molecule has 0 aliphatic carbocycles. The number of hydrogen-bond donors (Lipinski definition) is 1. The molecule has 3 aromatic rings. The third-order valence-electron chi connectivity index (χ3n) is 5.33. The smallest absolute Gasteiger partial charge is 0.261 e. The SMILES string of the molecule is COc1ccc(OC)c([C@H](C)NC(=O)c2ccc3c(=O)n4c(nc3c2)CCC4)c1. The minimum absolute atomic E-state index is 0.0380. The Balaban J connectivity index is 1.63. The van der Waals surface area contributed by atoms with E-state index in [0.717, 1.165) is 24.2 Å². The molecule has 1 N–H and O–H groups in total. The molecule has 1 aliphatic heterocycles. The van der Waals surface area contributed by atoms with Crippen LogP contribution in [0.2, 0.25) is 0 Å². The fourth-order valence-corrected chi connectivity index (χ4v) is 3.76. The fourth-order valence-electron chi connectivity index (χ4n) is 3.76. The highest BCUT2D eigenvalue weighted by molar-refractivity contribution is 5.97. The van der Waals surface area contributed by atoms with Crippen LogP contribution in [0.15, 0.2) is 41.2 Å². The number of amides is 1. The summed E-state index contributed by atoms with van der Waals surface area (Å²) in [5.74, 6) is 1.90. The van der Waals surface area contributed by atoms with Crippen LogP contribution in [0.25, 0.3) is 10.9 Å². The molecule has 1 aromatic heterocycles. The topological polar surface area (TPSA) is 82.5 Å². The van der Waals surface area contributed by atoms with Gasteiger partial charge in [0.25, 0.3) is 11.5 Å². The molecular formula is C22H23N3O4. The summed E-state index contributed by atoms with van der Waals surface area (Å²) in [5.41, 5.74) is 1.79. The first-order valence-corrected chi connectivity index (χ1v) is 9.58. The van der Waals surface area contributed by atoms with Crippen molar-refractivity contribution in [2.45, 2.75) is 32.4 Å². The molecule has 2 aromatic carbocycles. The van der Waals surface area contributed by atoms with Gasteiger partial charge in [0.2, 0.25) is 0 Å². The van der Waals surface area contributed by atoms with E-state index in [1.165, 1.54) is 0 Å². The van der Waals surface area contributed by atoms with Crippen molar-refractivity contribution in [1.29, 1.82) is 0 Å². The Morgan fingerprint density at radius 1 is 1.17 bits per heavy atom. The molecule has 0 unspecified atom stereocenters. The number of hydrogen-bond acceptors (Lipinski definition) is 5. The van der Waals surface area contributed by atoms with Gasteiger partial charge in [0.1, 0.15) is 17.3 Å². The van der Waals surface area contributed by atoms with Gasteiger partial charge in [-0.3, -0.25) is 14.2 Å². The zero-order valence-electron chi connectivity index (χ0n) is 16.7. The number of nitrogens with one attached hydrogen (secondary N) is 1. The number of benzene rings is 2. The van der Waals surface area contributed by atoms with Gasteiger partial charge in [0, 0.05) is 24.1 Å². The van der Waals surface area contributed by atoms with Gasteiger partial charge in [-0.15, -0.1) is 0 Å². The molecule has 0 radical (unpaired) electrons. The summed E-state index contributed by atoms with van der Waals surface area (Å²) >= 11 is 0. The van der Waals surface area contributed by atoms with Crippen LogP contribution in [-0.2, 0) is 13.0 Å². The number of carbonyl (C=O) groups is 1. The van der Waals surface area contributed by atoms with Crippen LogP contribution < -0.4 is 20.3 Å². The van der Waals surface area contributed by atoms with E-state index in [2.05, 4.69) is 10.3 Å². The van der Waals surface area contributed by atoms with E-state index >= 15 is 0 Å². The van der Waals surface area contributed by atoms with E-state index in [9.17, 15) is 9.59 Å². The minimum Gasteiger partial charge on any atom is -0.497 e. The van der Waals surface area contributed by atoms with Gasteiger partial charge in [0.05, 0.1) is 31.2 Å². The van der Waals surface area contributed by atoms with Crippen LogP contribution in [0.5, 0.6) is 11.5 Å². The minimum atomic E-state index is -0.304. The quantitative estimate of drug-likeness (QED) is 0.721. The van der Waals surface area contributed by atoms with Gasteiger partial charge >= 0.3 is 0 Å². The van der Waals surface area contributed by atoms with Gasteiger partial charge in [0.15, 0.2) is 0 Å². The first-order chi connectivity index (χ1) is 14.0. The second-order valence-corrected chi connectivity index (χ2v) is 7.12. The second-order valence-electron chi connectivity index (χ2n) is 7.12. The molecule has 4 rings (SSSR count). The maximum Gasteiger partial charge on any atom is 0.261 e. The Morgan fingerprint density at radius 3 is 2.76 bits per heavy atom. The predicted molar refractivity (Wildman–Crippen MR) is 110 cm³/mol. The number of rotatable bonds is 5. The van der Waals surface area contributed by atoms with Gasteiger partial charge in [-0.05, 0) is 49.7 Å². The highest BCUT2D eigenvalue weighted by Gasteiger charge is 2.19. The maximum atomic E-state index is 12.9. The summed E-state index contributed by atoms with van der Waals surface area (Å²) in [6, 6.07) is 10.2. The highest BCUT2D eigenvalue weighted by atomic mass is 16.5. The molecule has 0 saturated carbocycles. The van der Waals surface area contributed by atoms with Gasteiger partial charge in [-0.1, -0.05) is 0 Å². The summed E-state index contributed by atoms with van der Waals surface area (Å²) in [5, 5.41) is 3.52. The summed E-state index contributed by atoms with van der Waals surface area (Å²) in [6.45, 7) is 2.59. The predicted octanol–water partition coefficient (Wildman–Crippen LogP) is 2.85. The third-order valence-corrected chi connectivity index (χ3v) is 5.33. The molecule has 2 heterocycles. The van der Waals surface area contributed by atoms with Crippen molar-refractivity contribution in [1.82, 2.24) is 14.9 Å². The van der Waals surface area contributed by atoms with Crippen molar-refractivity contribution >= 4 is 16.8 Å². The monoisotopic (exact) mass is 393 g/mol. The van der Waals surface area contributed by atoms with Crippen molar-refractivity contribution in [3.05, 3.63) is 63.7 Å². The van der Waals surface area contributed by atoms with Crippen molar-refractivity contribution in [3.8, 4) is 11.5 Å². The standard InChI is InChI=1S/C22H23N3O4/c1-13(17-12-15(28-2)7-9-19(17)29-3)23-21(26)14-6-8-16-18(11-14)24-20-5-4-10-25(20)22(16)27/h6-9,11-13H,4-5,10H2,1-3H3,(H,23,26)/t13-/m0/s1. The lowest BCUT2D eigenvalue weighted by molar-refractivity contribution is 0.0939. The van der Waals surface area contributed by atoms with E-state index in [-0.39, 0.29) is 17.5 Å². The van der Waals surface area contributed by atoms with Gasteiger partial charge < -0.3 is 14.8 Å². The molecule has 1 atom stereocenters. The van der Waals surface area contributed by atoms with E-state index in [4.69, 9.17) is 9.47 Å². The highest BCUT2D eigenvalue weighted by Crippen LogP contribution is 2.29. The summed E-state index contributed by atoms with van der Waals surface area (Å²) < 4.78 is 12.4. The van der Waals surface area contributed by atoms with Crippen molar-refractivity contribution in [3.63, 3.8) is 0 Å². The Morgan fingerprint density at radius 2 is 2.00 bits per heavy atom. The Kier molecular flexibility index (Phi) is 4.96. The van der Waals surface area contributed by atoms with Gasteiger partial charge in [-0.2, -0.15) is 0 Å². The lowest BCUT2D eigenvalue weighted by atomic mass is 10.1. The van der Waals surface area contributed by atoms with E-state index < -0.39 is 0 Å². The molecule has 0 fully saturated rings. The van der Waals surface area contributed by atoms with Crippen molar-refractivity contribution in [2.24, 2.45) is 0 Å². The van der Waals surface area contributed by atoms with E-state index in [0.29, 0.717) is 34.5 Å². The van der Waals surface area contributed by atoms with Crippen molar-refractivity contribution in [2.75, 3.05) is 14.2 Å². The number of carbonyl (C=O) groups excluding carboxylic acids is 1. The molecule has 0 spiro atoms. The molecule has 7 nitrogen and oxygen atoms in total. The first-order valence-electron chi connectivity index (χ1n) is 9.58. The zero-order chi connectivity index (χ0) is 20.5. The Labute approximate surface area is 168 Å². The lowest BCUT2D eigenvalue weighted by Crippen LogP contribution is -2.27. The van der Waals surface area contributed by atoms with Gasteiger partial charge in [-0.25, -0.2) is 4.98 Å². The molecule has 29 heavy (non-hydrogen) atoms. The van der Waals surface area contributed by atoms with E-state index in [1.54, 1.807) is 37.0 Å². The molecule has 1 aliphatic rings. The normalized spacial score (nSPS) is 13.8. The summed E-state index contributed by atoms with van der Waals surface area (Å²) in [4.78, 5) is 30.0. The molecule has 1 amide bonds. The third kappa shape index (κ3) is 3.44. The molecule has 150 valence electrons. The van der Waals surface area contributed by atoms with E-state index in [1.807, 2.05) is 25.1 Å². The van der Waals surface area contributed by atoms with Crippen LogP contribution in [0.1, 0.15) is 41.1 Å². The lowest BCUT2D eigenvalue weighted by Gasteiger charge is -2.18. The Bertz CT molecular complexity index is 1150. The fraction of sp³-hybridized carbons (Fsp3) is 0.318. The first kappa shape index (κ1) is 19.0. The molecule has 0 bridgehead atoms. The number of nitrogens with zero attached hydrogens (tertiary/aromatic N) is 2. The summed E-state index contributed by atoms with van der Waals surface area (Å²) in [7, 11) is 3.18. The summed E-state index contributed by atoms with van der Waals surface area (Å²) in [6.07, 6.45) is 1.71. The molecular weight excluding hydrogens is 370 g/mol. The van der Waals surface area contributed by atoms with Crippen LogP contribution in [0.4, 0.5) is 0 Å². The average molecular weight is 393 g/mol. The second kappa shape index (κ2) is 7.58. The van der Waals surface area contributed by atoms with Crippen LogP contribution in [0.3, 0.4) is 0 Å². The number of methoxy groups -OCH3 is 2. The van der Waals surface area contributed by atoms with Crippen LogP contribution in [-0.4, -0.2) is 29.7 Å². The Hall–Kier alpha value is -3.35. The van der Waals surface area contributed by atoms with Crippen LogP contribution >= 0.6 is 0 Å². The van der Waals surface area contributed by atoms with Crippen molar-refractivity contribution < 1.29 is 14.3 Å². The average Bonchev–Trinajstić information content (AvgIpc) is 3.21. The maximum absolute atomic E-state index is 12.9. The molecule has 0 saturated heterocycles. The largest absolute Gasteiger partial charge is 0.497 e. The number of aromatic nitrogens is 2. The number of ether oxygens (including phenoxy) is 2. The number of aryl methyl sites for hydroxylation is 1.